The third-order valence-corrected chi connectivity index (χ3v) is 4.24. The van der Waals surface area contributed by atoms with Crippen molar-refractivity contribution in [2.75, 3.05) is 0 Å². The lowest BCUT2D eigenvalue weighted by Crippen LogP contribution is -2.21. The van der Waals surface area contributed by atoms with Gasteiger partial charge in [0.05, 0.1) is 0 Å². The van der Waals surface area contributed by atoms with E-state index in [-0.39, 0.29) is 22.9 Å². The van der Waals surface area contributed by atoms with Crippen LogP contribution in [-0.2, 0) is 12.6 Å². The van der Waals surface area contributed by atoms with E-state index in [9.17, 15) is 18.0 Å². The van der Waals surface area contributed by atoms with E-state index >= 15 is 0 Å². The van der Waals surface area contributed by atoms with E-state index in [2.05, 4.69) is 4.98 Å². The minimum Gasteiger partial charge on any atom is -0.351 e. The van der Waals surface area contributed by atoms with Gasteiger partial charge in [-0.05, 0) is 46.4 Å². The zero-order valence-electron chi connectivity index (χ0n) is 11.7. The fourth-order valence-corrected chi connectivity index (χ4v) is 3.00. The molecule has 2 nitrogen and oxygen atoms in total. The number of nitrogens with one attached hydrogen (secondary N) is 1. The highest BCUT2D eigenvalue weighted by Crippen LogP contribution is 2.31. The standard InChI is InChI=1S/C17H11F3INO/c18-17(19,20)16-13(8-10-4-2-1-3-5-10)15(23)12-9-11(21)6-7-14(12)22-16/h1-7,9H,8H2,(H,22,23). The molecule has 3 aromatic rings. The molecule has 3 rings (SSSR count). The average molecular weight is 429 g/mol. The number of rotatable bonds is 2. The van der Waals surface area contributed by atoms with Crippen molar-refractivity contribution in [2.24, 2.45) is 0 Å². The highest BCUT2D eigenvalue weighted by atomic mass is 127. The number of pyridine rings is 1. The van der Waals surface area contributed by atoms with Crippen LogP contribution in [0.15, 0.2) is 53.3 Å². The summed E-state index contributed by atoms with van der Waals surface area (Å²) in [5.41, 5.74) is -0.945. The average Bonchev–Trinajstić information content (AvgIpc) is 2.50. The predicted molar refractivity (Wildman–Crippen MR) is 91.5 cm³/mol. The van der Waals surface area contributed by atoms with Crippen molar-refractivity contribution >= 4 is 33.5 Å². The van der Waals surface area contributed by atoms with Crippen LogP contribution in [0.3, 0.4) is 0 Å². The van der Waals surface area contributed by atoms with Crippen molar-refractivity contribution in [3.8, 4) is 0 Å². The minimum atomic E-state index is -4.61. The Labute approximate surface area is 143 Å². The third-order valence-electron chi connectivity index (χ3n) is 3.57. The molecule has 23 heavy (non-hydrogen) atoms. The summed E-state index contributed by atoms with van der Waals surface area (Å²) in [7, 11) is 0. The van der Waals surface area contributed by atoms with Crippen LogP contribution < -0.4 is 5.43 Å². The van der Waals surface area contributed by atoms with Crippen LogP contribution in [0.5, 0.6) is 0 Å². The lowest BCUT2D eigenvalue weighted by Gasteiger charge is -2.14. The second-order valence-electron chi connectivity index (χ2n) is 5.16. The van der Waals surface area contributed by atoms with E-state index in [1.165, 1.54) is 6.07 Å². The third kappa shape index (κ3) is 3.26. The molecule has 0 spiro atoms. The van der Waals surface area contributed by atoms with Crippen LogP contribution >= 0.6 is 22.6 Å². The largest absolute Gasteiger partial charge is 0.431 e. The SMILES string of the molecule is O=c1c(Cc2ccccc2)c(C(F)(F)F)[nH]c2ccc(I)cc12. The quantitative estimate of drug-likeness (QED) is 0.587. The van der Waals surface area contributed by atoms with Crippen molar-refractivity contribution < 1.29 is 13.2 Å². The second kappa shape index (κ2) is 5.99. The number of alkyl halides is 3. The van der Waals surface area contributed by atoms with E-state index in [4.69, 9.17) is 0 Å². The monoisotopic (exact) mass is 429 g/mol. The van der Waals surface area contributed by atoms with Gasteiger partial charge in [0.25, 0.3) is 0 Å². The summed E-state index contributed by atoms with van der Waals surface area (Å²) in [6, 6.07) is 13.4. The lowest BCUT2D eigenvalue weighted by molar-refractivity contribution is -0.141. The molecular weight excluding hydrogens is 418 g/mol. The van der Waals surface area contributed by atoms with Crippen molar-refractivity contribution in [1.29, 1.82) is 0 Å². The number of aromatic nitrogens is 1. The number of H-pyrrole nitrogens is 1. The Balaban J connectivity index is 2.28. The Hall–Kier alpha value is -1.83. The molecule has 0 saturated heterocycles. The van der Waals surface area contributed by atoms with Crippen LogP contribution in [0.1, 0.15) is 16.8 Å². The van der Waals surface area contributed by atoms with E-state index in [0.717, 1.165) is 3.57 Å². The maximum absolute atomic E-state index is 13.4. The fraction of sp³-hybridized carbons (Fsp3) is 0.118. The molecule has 118 valence electrons. The normalized spacial score (nSPS) is 11.8. The maximum Gasteiger partial charge on any atom is 0.431 e. The lowest BCUT2D eigenvalue weighted by atomic mass is 10.0. The number of aromatic amines is 1. The van der Waals surface area contributed by atoms with Gasteiger partial charge in [-0.1, -0.05) is 30.3 Å². The van der Waals surface area contributed by atoms with Gasteiger partial charge in [0.15, 0.2) is 5.43 Å². The van der Waals surface area contributed by atoms with Gasteiger partial charge in [-0.3, -0.25) is 4.79 Å². The van der Waals surface area contributed by atoms with Crippen LogP contribution in [0.25, 0.3) is 10.9 Å². The Morgan fingerprint density at radius 3 is 2.39 bits per heavy atom. The van der Waals surface area contributed by atoms with Crippen molar-refractivity contribution in [2.45, 2.75) is 12.6 Å². The molecule has 0 aliphatic rings. The van der Waals surface area contributed by atoms with Gasteiger partial charge in [-0.2, -0.15) is 13.2 Å². The molecule has 0 aliphatic heterocycles. The Bertz CT molecular complexity index is 917. The molecule has 2 aromatic carbocycles. The summed E-state index contributed by atoms with van der Waals surface area (Å²) >= 11 is 2.03. The van der Waals surface area contributed by atoms with Gasteiger partial charge in [-0.15, -0.1) is 0 Å². The molecule has 0 atom stereocenters. The number of benzene rings is 2. The smallest absolute Gasteiger partial charge is 0.351 e. The zero-order valence-corrected chi connectivity index (χ0v) is 13.9. The van der Waals surface area contributed by atoms with Crippen LogP contribution in [-0.4, -0.2) is 4.98 Å². The van der Waals surface area contributed by atoms with E-state index in [1.54, 1.807) is 42.5 Å². The van der Waals surface area contributed by atoms with Crippen molar-refractivity contribution in [1.82, 2.24) is 4.98 Å². The zero-order chi connectivity index (χ0) is 16.6. The molecule has 0 radical (unpaired) electrons. The van der Waals surface area contributed by atoms with E-state index in [1.807, 2.05) is 22.6 Å². The van der Waals surface area contributed by atoms with Crippen molar-refractivity contribution in [3.63, 3.8) is 0 Å². The summed E-state index contributed by atoms with van der Waals surface area (Å²) in [4.78, 5) is 15.0. The highest BCUT2D eigenvalue weighted by molar-refractivity contribution is 14.1. The summed E-state index contributed by atoms with van der Waals surface area (Å²) in [6.45, 7) is 0. The molecule has 6 heteroatoms. The summed E-state index contributed by atoms with van der Waals surface area (Å²) in [5, 5.41) is 0.274. The first kappa shape index (κ1) is 16.0. The number of hydrogen-bond acceptors (Lipinski definition) is 1. The summed E-state index contributed by atoms with van der Waals surface area (Å²) < 4.78 is 40.9. The van der Waals surface area contributed by atoms with Gasteiger partial charge in [-0.25, -0.2) is 0 Å². The fourth-order valence-electron chi connectivity index (χ4n) is 2.51. The number of hydrogen-bond donors (Lipinski definition) is 1. The molecule has 0 aliphatic carbocycles. The molecule has 0 fully saturated rings. The Morgan fingerprint density at radius 2 is 1.74 bits per heavy atom. The molecular formula is C17H11F3INO. The van der Waals surface area contributed by atoms with Gasteiger partial charge in [0, 0.05) is 26.5 Å². The van der Waals surface area contributed by atoms with E-state index in [0.29, 0.717) is 5.56 Å². The van der Waals surface area contributed by atoms with Crippen molar-refractivity contribution in [3.05, 3.63) is 79.1 Å². The summed E-state index contributed by atoms with van der Waals surface area (Å²) in [6.07, 6.45) is -4.67. The predicted octanol–water partition coefficient (Wildman–Crippen LogP) is 4.74. The number of halogens is 4. The Kier molecular flexibility index (Phi) is 4.18. The molecule has 0 bridgehead atoms. The minimum absolute atomic E-state index is 0.0631. The first-order chi connectivity index (χ1) is 10.9. The molecule has 1 heterocycles. The first-order valence-electron chi connectivity index (χ1n) is 6.82. The van der Waals surface area contributed by atoms with Crippen LogP contribution in [0, 0.1) is 3.57 Å². The second-order valence-corrected chi connectivity index (χ2v) is 6.40. The van der Waals surface area contributed by atoms with Gasteiger partial charge in [0.2, 0.25) is 0 Å². The topological polar surface area (TPSA) is 32.9 Å². The van der Waals surface area contributed by atoms with Gasteiger partial charge in [0.1, 0.15) is 5.69 Å². The maximum atomic E-state index is 13.4. The van der Waals surface area contributed by atoms with Crippen LogP contribution in [0.4, 0.5) is 13.2 Å². The molecule has 0 saturated carbocycles. The number of fused-ring (bicyclic) bond motifs is 1. The molecule has 1 N–H and O–H groups in total. The van der Waals surface area contributed by atoms with Gasteiger partial charge >= 0.3 is 6.18 Å². The van der Waals surface area contributed by atoms with Gasteiger partial charge < -0.3 is 4.98 Å². The molecule has 1 aromatic heterocycles. The molecule has 0 unspecified atom stereocenters. The Morgan fingerprint density at radius 1 is 1.04 bits per heavy atom. The van der Waals surface area contributed by atoms with Crippen LogP contribution in [0.2, 0.25) is 0 Å². The molecule has 0 amide bonds. The summed E-state index contributed by atoms with van der Waals surface area (Å²) in [5.74, 6) is 0. The first-order valence-corrected chi connectivity index (χ1v) is 7.89. The highest BCUT2D eigenvalue weighted by Gasteiger charge is 2.36. The van der Waals surface area contributed by atoms with E-state index < -0.39 is 17.3 Å².